The van der Waals surface area contributed by atoms with Gasteiger partial charge in [0.05, 0.1) is 4.90 Å². The van der Waals surface area contributed by atoms with Gasteiger partial charge in [-0.3, -0.25) is 4.98 Å². The van der Waals surface area contributed by atoms with Gasteiger partial charge in [-0.2, -0.15) is 4.31 Å². The Hall–Kier alpha value is -1.71. The lowest BCUT2D eigenvalue weighted by atomic mass is 10.2. The highest BCUT2D eigenvalue weighted by molar-refractivity contribution is 9.10. The molecular weight excluding hydrogens is 434 g/mol. The lowest BCUT2D eigenvalue weighted by Crippen LogP contribution is -2.41. The van der Waals surface area contributed by atoms with Crippen molar-refractivity contribution in [1.82, 2.24) is 14.6 Å². The van der Waals surface area contributed by atoms with Crippen molar-refractivity contribution >= 4 is 42.8 Å². The first-order valence-electron chi connectivity index (χ1n) is 8.60. The topological polar surface area (TPSA) is 88.6 Å². The van der Waals surface area contributed by atoms with E-state index in [0.717, 1.165) is 5.39 Å². The van der Waals surface area contributed by atoms with E-state index in [-0.39, 0.29) is 17.5 Å². The number of hydrogen-bond acceptors (Lipinski definition) is 5. The average molecular weight is 456 g/mol. The van der Waals surface area contributed by atoms with Crippen LogP contribution in [0.25, 0.3) is 10.8 Å². The van der Waals surface area contributed by atoms with Crippen LogP contribution in [0.15, 0.2) is 40.0 Å². The van der Waals surface area contributed by atoms with Gasteiger partial charge < -0.3 is 10.1 Å². The van der Waals surface area contributed by atoms with E-state index in [1.807, 2.05) is 6.07 Å². The molecule has 0 bridgehead atoms. The van der Waals surface area contributed by atoms with Crippen LogP contribution in [0.4, 0.5) is 4.79 Å². The molecule has 0 radical (unpaired) electrons. The molecule has 0 saturated carbocycles. The lowest BCUT2D eigenvalue weighted by molar-refractivity contribution is 0.0507. The number of sulfonamides is 1. The Morgan fingerprint density at radius 1 is 1.33 bits per heavy atom. The van der Waals surface area contributed by atoms with Gasteiger partial charge in [0.15, 0.2) is 0 Å². The minimum Gasteiger partial charge on any atom is -0.444 e. The van der Waals surface area contributed by atoms with Crippen LogP contribution in [0.3, 0.4) is 0 Å². The normalized spacial score (nSPS) is 18.6. The summed E-state index contributed by atoms with van der Waals surface area (Å²) in [6, 6.07) is 4.84. The van der Waals surface area contributed by atoms with Gasteiger partial charge in [-0.1, -0.05) is 12.1 Å². The Morgan fingerprint density at radius 3 is 2.78 bits per heavy atom. The smallest absolute Gasteiger partial charge is 0.407 e. The van der Waals surface area contributed by atoms with Crippen molar-refractivity contribution in [2.45, 2.75) is 43.7 Å². The number of benzene rings is 1. The number of ether oxygens (including phenoxy) is 1. The number of pyridine rings is 1. The van der Waals surface area contributed by atoms with Gasteiger partial charge in [-0.25, -0.2) is 13.2 Å². The van der Waals surface area contributed by atoms with E-state index in [4.69, 9.17) is 4.74 Å². The Labute approximate surface area is 167 Å². The molecule has 2 heterocycles. The molecule has 1 aliphatic rings. The first kappa shape index (κ1) is 20.0. The van der Waals surface area contributed by atoms with E-state index in [2.05, 4.69) is 26.2 Å². The van der Waals surface area contributed by atoms with Crippen LogP contribution >= 0.6 is 15.9 Å². The van der Waals surface area contributed by atoms with Gasteiger partial charge in [-0.05, 0) is 49.2 Å². The molecule has 1 fully saturated rings. The lowest BCUT2D eigenvalue weighted by Gasteiger charge is -2.22. The highest BCUT2D eigenvalue weighted by Crippen LogP contribution is 2.32. The summed E-state index contributed by atoms with van der Waals surface area (Å²) in [4.78, 5) is 16.3. The molecule has 7 nitrogen and oxygen atoms in total. The van der Waals surface area contributed by atoms with E-state index >= 15 is 0 Å². The molecule has 9 heteroatoms. The number of nitrogens with zero attached hydrogens (tertiary/aromatic N) is 2. The van der Waals surface area contributed by atoms with Gasteiger partial charge >= 0.3 is 6.09 Å². The van der Waals surface area contributed by atoms with Gasteiger partial charge in [0, 0.05) is 46.8 Å². The molecule has 146 valence electrons. The summed E-state index contributed by atoms with van der Waals surface area (Å²) >= 11 is 3.40. The van der Waals surface area contributed by atoms with Crippen molar-refractivity contribution < 1.29 is 17.9 Å². The number of carbonyl (C=O) groups excluding carboxylic acids is 1. The third kappa shape index (κ3) is 4.41. The van der Waals surface area contributed by atoms with Crippen LogP contribution in [0, 0.1) is 0 Å². The molecular formula is C18H22BrN3O4S. The molecule has 0 spiro atoms. The number of nitrogens with one attached hydrogen (secondary N) is 1. The molecule has 0 unspecified atom stereocenters. The van der Waals surface area contributed by atoms with E-state index < -0.39 is 21.7 Å². The minimum atomic E-state index is -3.71. The predicted molar refractivity (Wildman–Crippen MR) is 106 cm³/mol. The number of rotatable bonds is 3. The molecule has 1 aliphatic heterocycles. The minimum absolute atomic E-state index is 0.209. The molecule has 2 aromatic rings. The predicted octanol–water partition coefficient (Wildman–Crippen LogP) is 3.29. The number of carbonyl (C=O) groups is 1. The largest absolute Gasteiger partial charge is 0.444 e. The van der Waals surface area contributed by atoms with Crippen LogP contribution in [0.1, 0.15) is 27.2 Å². The van der Waals surface area contributed by atoms with Crippen LogP contribution < -0.4 is 5.32 Å². The van der Waals surface area contributed by atoms with Crippen LogP contribution in [-0.2, 0) is 14.8 Å². The number of amides is 1. The second kappa shape index (κ2) is 7.37. The molecule has 1 saturated heterocycles. The second-order valence-corrected chi connectivity index (χ2v) is 10.2. The second-order valence-electron chi connectivity index (χ2n) is 7.47. The average Bonchev–Trinajstić information content (AvgIpc) is 3.02. The Morgan fingerprint density at radius 2 is 2.07 bits per heavy atom. The highest BCUT2D eigenvalue weighted by atomic mass is 79.9. The molecule has 1 aromatic carbocycles. The van der Waals surface area contributed by atoms with Crippen molar-refractivity contribution in [2.75, 3.05) is 13.1 Å². The van der Waals surface area contributed by atoms with E-state index in [1.165, 1.54) is 4.31 Å². The maximum atomic E-state index is 13.2. The fraction of sp³-hybridized carbons (Fsp3) is 0.444. The molecule has 27 heavy (non-hydrogen) atoms. The summed E-state index contributed by atoms with van der Waals surface area (Å²) in [5.41, 5.74) is -0.599. The van der Waals surface area contributed by atoms with E-state index in [1.54, 1.807) is 45.3 Å². The third-order valence-electron chi connectivity index (χ3n) is 4.19. The zero-order valence-electron chi connectivity index (χ0n) is 15.4. The Bertz CT molecular complexity index is 967. The monoisotopic (exact) mass is 455 g/mol. The van der Waals surface area contributed by atoms with Crippen LogP contribution in [0.2, 0.25) is 0 Å². The fourth-order valence-corrected chi connectivity index (χ4v) is 5.48. The van der Waals surface area contributed by atoms with Gasteiger partial charge in [-0.15, -0.1) is 0 Å². The van der Waals surface area contributed by atoms with Gasteiger partial charge in [0.2, 0.25) is 10.0 Å². The molecule has 0 aliphatic carbocycles. The maximum absolute atomic E-state index is 13.2. The molecule has 3 rings (SSSR count). The van der Waals surface area contributed by atoms with Crippen LogP contribution in [-0.4, -0.2) is 48.5 Å². The summed E-state index contributed by atoms with van der Waals surface area (Å²) in [6.07, 6.45) is 3.21. The quantitative estimate of drug-likeness (QED) is 0.766. The molecule has 1 atom stereocenters. The van der Waals surface area contributed by atoms with E-state index in [9.17, 15) is 13.2 Å². The molecule has 1 amide bonds. The van der Waals surface area contributed by atoms with Crippen molar-refractivity contribution in [3.05, 3.63) is 35.1 Å². The summed E-state index contributed by atoms with van der Waals surface area (Å²) in [5.74, 6) is 0. The first-order chi connectivity index (χ1) is 12.6. The van der Waals surface area contributed by atoms with Gasteiger partial charge in [0.1, 0.15) is 5.60 Å². The summed E-state index contributed by atoms with van der Waals surface area (Å²) in [6.45, 7) is 5.89. The zero-order valence-corrected chi connectivity index (χ0v) is 17.8. The standard InChI is InChI=1S/C18H22BrN3O4S/c1-18(2,3)26-17(23)21-13-7-8-22(11-13)27(24,25)15-6-4-5-12-9-20-10-14(19)16(12)15/h4-6,9-10,13H,7-8,11H2,1-3H3,(H,21,23)/t13-/m1/s1. The molecule has 1 N–H and O–H groups in total. The van der Waals surface area contributed by atoms with Crippen molar-refractivity contribution in [3.63, 3.8) is 0 Å². The molecule has 1 aromatic heterocycles. The number of halogens is 1. The van der Waals surface area contributed by atoms with Crippen LogP contribution in [0.5, 0.6) is 0 Å². The number of aromatic nitrogens is 1. The van der Waals surface area contributed by atoms with Gasteiger partial charge in [0.25, 0.3) is 0 Å². The Balaban J connectivity index is 1.81. The van der Waals surface area contributed by atoms with E-state index in [0.29, 0.717) is 22.8 Å². The first-order valence-corrected chi connectivity index (χ1v) is 10.8. The fourth-order valence-electron chi connectivity index (χ4n) is 3.05. The Kier molecular flexibility index (Phi) is 5.47. The summed E-state index contributed by atoms with van der Waals surface area (Å²) < 4.78 is 33.7. The van der Waals surface area contributed by atoms with Crippen molar-refractivity contribution in [3.8, 4) is 0 Å². The third-order valence-corrected chi connectivity index (χ3v) is 6.70. The van der Waals surface area contributed by atoms with Crippen molar-refractivity contribution in [1.29, 1.82) is 0 Å². The number of alkyl carbamates (subject to hydrolysis) is 1. The zero-order chi connectivity index (χ0) is 19.8. The summed E-state index contributed by atoms with van der Waals surface area (Å²) in [7, 11) is -3.71. The maximum Gasteiger partial charge on any atom is 0.407 e. The SMILES string of the molecule is CC(C)(C)OC(=O)N[C@@H]1CCN(S(=O)(=O)c2cccc3cncc(Br)c23)C1. The summed E-state index contributed by atoms with van der Waals surface area (Å²) in [5, 5.41) is 4.10. The highest BCUT2D eigenvalue weighted by Gasteiger charge is 2.35. The van der Waals surface area contributed by atoms with Crippen molar-refractivity contribution in [2.24, 2.45) is 0 Å². The number of hydrogen-bond donors (Lipinski definition) is 1. The number of fused-ring (bicyclic) bond motifs is 1.